The summed E-state index contributed by atoms with van der Waals surface area (Å²) in [6.45, 7) is -0.299. The van der Waals surface area contributed by atoms with Gasteiger partial charge in [0.2, 0.25) is 0 Å². The quantitative estimate of drug-likeness (QED) is 0.304. The van der Waals surface area contributed by atoms with Crippen molar-refractivity contribution in [3.63, 3.8) is 0 Å². The lowest BCUT2D eigenvalue weighted by Gasteiger charge is -2.49. The van der Waals surface area contributed by atoms with Crippen LogP contribution in [-0.4, -0.2) is 54.3 Å². The number of carbonyl (C=O) groups excluding carboxylic acids is 2. The van der Waals surface area contributed by atoms with Crippen molar-refractivity contribution in [2.75, 3.05) is 6.26 Å². The second kappa shape index (κ2) is 13.6. The van der Waals surface area contributed by atoms with E-state index >= 15 is 0 Å². The van der Waals surface area contributed by atoms with Gasteiger partial charge in [0.25, 0.3) is 11.8 Å². The van der Waals surface area contributed by atoms with E-state index in [0.717, 1.165) is 19.3 Å². The van der Waals surface area contributed by atoms with Crippen LogP contribution in [-0.2, 0) is 33.8 Å². The van der Waals surface area contributed by atoms with Gasteiger partial charge in [0, 0.05) is 33.9 Å². The number of aliphatic hydroxyl groups is 1. The Kier molecular flexibility index (Phi) is 9.87. The molecule has 1 aliphatic heterocycles. The summed E-state index contributed by atoms with van der Waals surface area (Å²) in [6, 6.07) is 10.7. The first-order chi connectivity index (χ1) is 20.3. The van der Waals surface area contributed by atoms with Crippen LogP contribution < -0.4 is 10.2 Å². The molecule has 3 N–H and O–H groups in total. The van der Waals surface area contributed by atoms with Gasteiger partial charge < -0.3 is 10.0 Å². The monoisotopic (exact) mass is 631 g/mol. The molecule has 1 fully saturated rings. The Bertz CT molecular complexity index is 1480. The van der Waals surface area contributed by atoms with E-state index in [0.29, 0.717) is 44.5 Å². The minimum absolute atomic E-state index is 0.0647. The largest absolute Gasteiger partial charge is 0.390 e. The number of benzene rings is 2. The number of hydroxylamine groups is 1. The van der Waals surface area contributed by atoms with Crippen molar-refractivity contribution in [1.29, 1.82) is 0 Å². The van der Waals surface area contributed by atoms with Gasteiger partial charge in [0.1, 0.15) is 6.61 Å². The van der Waals surface area contributed by atoms with Gasteiger partial charge >= 0.3 is 0 Å². The summed E-state index contributed by atoms with van der Waals surface area (Å²) < 4.78 is 15.4. The fourth-order valence-corrected chi connectivity index (χ4v) is 7.07. The molecule has 10 nitrogen and oxygen atoms in total. The number of amides is 2. The second-order valence-electron chi connectivity index (χ2n) is 10.3. The third-order valence-electron chi connectivity index (χ3n) is 7.66. The van der Waals surface area contributed by atoms with E-state index in [2.05, 4.69) is 20.2 Å². The molecule has 3 aromatic rings. The van der Waals surface area contributed by atoms with Crippen molar-refractivity contribution < 1.29 is 23.7 Å². The molecule has 2 heterocycles. The smallest absolute Gasteiger partial charge is 0.255 e. The molecule has 0 spiro atoms. The van der Waals surface area contributed by atoms with Crippen molar-refractivity contribution in [2.24, 2.45) is 0 Å². The number of nitrogens with one attached hydrogen (secondary N) is 2. The molecular formula is C29H31Cl2N5O5S. The molecule has 2 unspecified atom stereocenters. The van der Waals surface area contributed by atoms with Crippen molar-refractivity contribution >= 4 is 46.0 Å². The Morgan fingerprint density at radius 1 is 1.10 bits per heavy atom. The Morgan fingerprint density at radius 3 is 2.55 bits per heavy atom. The normalized spacial score (nSPS) is 22.9. The fraction of sp³-hybridized carbons (Fsp3) is 0.379. The van der Waals surface area contributed by atoms with E-state index in [-0.39, 0.29) is 31.2 Å². The van der Waals surface area contributed by atoms with Gasteiger partial charge in [-0.15, -0.1) is 0 Å². The molecule has 222 valence electrons. The van der Waals surface area contributed by atoms with Gasteiger partial charge in [0.05, 0.1) is 53.3 Å². The predicted octanol–water partition coefficient (Wildman–Crippen LogP) is 4.00. The highest BCUT2D eigenvalue weighted by Gasteiger charge is 2.49. The van der Waals surface area contributed by atoms with Crippen LogP contribution in [0.5, 0.6) is 0 Å². The van der Waals surface area contributed by atoms with Crippen LogP contribution in [0.1, 0.15) is 70.5 Å². The molecule has 13 heteroatoms. The fourth-order valence-electron chi connectivity index (χ4n) is 5.85. The van der Waals surface area contributed by atoms with Gasteiger partial charge in [0.15, 0.2) is 0 Å². The predicted molar refractivity (Wildman–Crippen MR) is 159 cm³/mol. The Hall–Kier alpha value is -2.93. The summed E-state index contributed by atoms with van der Waals surface area (Å²) in [4.78, 5) is 43.9. The van der Waals surface area contributed by atoms with Crippen LogP contribution >= 0.6 is 23.2 Å². The molecule has 1 saturated carbocycles. The second-order valence-corrected chi connectivity index (χ2v) is 12.3. The molecule has 5 rings (SSSR count). The number of rotatable bonds is 9. The zero-order chi connectivity index (χ0) is 29.8. The first-order valence-electron chi connectivity index (χ1n) is 13.6. The van der Waals surface area contributed by atoms with Crippen molar-refractivity contribution in [3.05, 3.63) is 93.0 Å². The van der Waals surface area contributed by atoms with E-state index in [1.807, 2.05) is 0 Å². The maximum Gasteiger partial charge on any atom is 0.255 e. The van der Waals surface area contributed by atoms with Crippen LogP contribution in [0.25, 0.3) is 0 Å². The summed E-state index contributed by atoms with van der Waals surface area (Å²) in [5.74, 6) is -1.60. The van der Waals surface area contributed by atoms with Crippen LogP contribution in [0.2, 0.25) is 10.0 Å². The summed E-state index contributed by atoms with van der Waals surface area (Å²) >= 11 is 13.0. The topological polar surface area (TPSA) is 134 Å². The Balaban J connectivity index is 1.55. The van der Waals surface area contributed by atoms with Crippen molar-refractivity contribution in [1.82, 2.24) is 25.1 Å². The number of halogens is 2. The number of aromatic nitrogens is 2. The minimum atomic E-state index is -1.31. The zero-order valence-electron chi connectivity index (χ0n) is 22.8. The van der Waals surface area contributed by atoms with Crippen LogP contribution in [0, 0.1) is 0 Å². The molecule has 1 aromatic heterocycles. The van der Waals surface area contributed by atoms with E-state index in [4.69, 9.17) is 28.0 Å². The van der Waals surface area contributed by atoms with Gasteiger partial charge in [-0.1, -0.05) is 60.3 Å². The van der Waals surface area contributed by atoms with Gasteiger partial charge in [-0.05, 0) is 42.2 Å². The summed E-state index contributed by atoms with van der Waals surface area (Å²) in [5, 5.41) is 9.94. The minimum Gasteiger partial charge on any atom is -0.390 e. The number of hydrogen-bond donors (Lipinski definition) is 3. The SMILES string of the molecule is CS(=O)N[C@H]1CCCCC1N1C(=O)c2ccccc2[C@@H](C(=O)NOCc2cnc(CO)cn2)[C@@H]1c1ccc(Cl)cc1Cl. The first-order valence-corrected chi connectivity index (χ1v) is 15.9. The van der Waals surface area contributed by atoms with Crippen LogP contribution in [0.15, 0.2) is 54.9 Å². The molecule has 1 aliphatic carbocycles. The van der Waals surface area contributed by atoms with Crippen LogP contribution in [0.3, 0.4) is 0 Å². The number of fused-ring (bicyclic) bond motifs is 1. The van der Waals surface area contributed by atoms with E-state index < -0.39 is 28.9 Å². The van der Waals surface area contributed by atoms with E-state index in [9.17, 15) is 18.9 Å². The van der Waals surface area contributed by atoms with Gasteiger partial charge in [-0.2, -0.15) is 0 Å². The molecule has 0 saturated heterocycles. The number of nitrogens with zero attached hydrogens (tertiary/aromatic N) is 3. The number of aliphatic hydroxyl groups excluding tert-OH is 1. The van der Waals surface area contributed by atoms with Gasteiger partial charge in [-0.25, -0.2) is 14.4 Å². The Labute approximate surface area is 256 Å². The lowest BCUT2D eigenvalue weighted by atomic mass is 9.76. The van der Waals surface area contributed by atoms with Crippen LogP contribution in [0.4, 0.5) is 0 Å². The number of carbonyl (C=O) groups is 2. The third-order valence-corrected chi connectivity index (χ3v) is 8.85. The van der Waals surface area contributed by atoms with Crippen molar-refractivity contribution in [3.8, 4) is 0 Å². The molecule has 2 aromatic carbocycles. The molecule has 0 bridgehead atoms. The summed E-state index contributed by atoms with van der Waals surface area (Å²) in [7, 11) is -1.31. The lowest BCUT2D eigenvalue weighted by molar-refractivity contribution is -0.138. The lowest BCUT2D eigenvalue weighted by Crippen LogP contribution is -2.58. The number of hydrogen-bond acceptors (Lipinski definition) is 7. The maximum atomic E-state index is 14.3. The van der Waals surface area contributed by atoms with Gasteiger partial charge in [-0.3, -0.25) is 24.4 Å². The first kappa shape index (κ1) is 30.5. The zero-order valence-corrected chi connectivity index (χ0v) is 25.2. The van der Waals surface area contributed by atoms with E-state index in [1.165, 1.54) is 12.4 Å². The highest BCUT2D eigenvalue weighted by Crippen LogP contribution is 2.47. The average molecular weight is 633 g/mol. The molecule has 0 radical (unpaired) electrons. The molecule has 2 aliphatic rings. The highest BCUT2D eigenvalue weighted by molar-refractivity contribution is 7.82. The Morgan fingerprint density at radius 2 is 1.83 bits per heavy atom. The van der Waals surface area contributed by atoms with E-state index in [1.54, 1.807) is 53.6 Å². The summed E-state index contributed by atoms with van der Waals surface area (Å²) in [5.41, 5.74) is 4.94. The van der Waals surface area contributed by atoms with Crippen molar-refractivity contribution in [2.45, 2.75) is 62.9 Å². The third kappa shape index (κ3) is 6.51. The summed E-state index contributed by atoms with van der Waals surface area (Å²) in [6.07, 6.45) is 7.65. The standard InChI is InChI=1S/C29H31Cl2N5O5S/c1-42(40)35-24-8-4-5-9-25(24)36-27(22-11-10-17(30)12-23(22)31)26(20-6-2-3-7-21(20)29(36)39)28(38)34-41-16-19-14-32-18(15-37)13-33-19/h2-3,6-7,10-14,24-27,35,37H,4-5,8-9,15-16H2,1H3,(H,34,38)/t24-,25?,26+,27-,42?/m0/s1. The highest BCUT2D eigenvalue weighted by atomic mass is 35.5. The molecule has 42 heavy (non-hydrogen) atoms. The average Bonchev–Trinajstić information content (AvgIpc) is 2.98. The maximum absolute atomic E-state index is 14.3. The molecule has 5 atom stereocenters. The molecular weight excluding hydrogens is 601 g/mol. The molecule has 2 amide bonds.